The molecule has 0 atom stereocenters. The van der Waals surface area contributed by atoms with Gasteiger partial charge in [0.1, 0.15) is 11.9 Å². The van der Waals surface area contributed by atoms with Crippen LogP contribution in [0.1, 0.15) is 0 Å². The van der Waals surface area contributed by atoms with Gasteiger partial charge in [-0.2, -0.15) is 0 Å². The van der Waals surface area contributed by atoms with Gasteiger partial charge in [-0.3, -0.25) is 10.1 Å². The van der Waals surface area contributed by atoms with E-state index in [0.717, 1.165) is 6.26 Å². The number of rotatable bonds is 6. The fourth-order valence-corrected chi connectivity index (χ4v) is 2.35. The molecule has 0 spiro atoms. The highest BCUT2D eigenvalue weighted by Gasteiger charge is 2.17. The molecule has 2 aromatic rings. The molecule has 21 heavy (non-hydrogen) atoms. The minimum absolute atomic E-state index is 0.132. The van der Waals surface area contributed by atoms with E-state index in [1.165, 1.54) is 6.20 Å². The van der Waals surface area contributed by atoms with Crippen LogP contribution in [0.5, 0.6) is 0 Å². The Kier molecular flexibility index (Phi) is 4.34. The van der Waals surface area contributed by atoms with Gasteiger partial charge in [0, 0.05) is 18.5 Å². The predicted molar refractivity (Wildman–Crippen MR) is 79.7 cm³/mol. The van der Waals surface area contributed by atoms with Crippen molar-refractivity contribution in [2.45, 2.75) is 0 Å². The molecule has 1 aromatic carbocycles. The molecule has 0 saturated heterocycles. The number of fused-ring (bicyclic) bond motifs is 1. The Labute approximate surface area is 121 Å². The maximum absolute atomic E-state index is 11.1. The lowest BCUT2D eigenvalue weighted by atomic mass is 10.1. The first-order valence-corrected chi connectivity index (χ1v) is 7.98. The van der Waals surface area contributed by atoms with Crippen LogP contribution in [0.15, 0.2) is 30.5 Å². The van der Waals surface area contributed by atoms with Gasteiger partial charge in [-0.25, -0.2) is 18.1 Å². The number of benzene rings is 1. The zero-order chi connectivity index (χ0) is 15.5. The first kappa shape index (κ1) is 15.1. The fourth-order valence-electron chi connectivity index (χ4n) is 1.88. The molecular weight excluding hydrogens is 296 g/mol. The number of hydrogen-bond donors (Lipinski definition) is 2. The van der Waals surface area contributed by atoms with Gasteiger partial charge >= 0.3 is 5.69 Å². The van der Waals surface area contributed by atoms with Gasteiger partial charge in [0.25, 0.3) is 0 Å². The molecule has 0 bridgehead atoms. The van der Waals surface area contributed by atoms with E-state index in [2.05, 4.69) is 15.0 Å². The molecule has 0 aliphatic heterocycles. The zero-order valence-corrected chi connectivity index (χ0v) is 12.1. The van der Waals surface area contributed by atoms with Gasteiger partial charge in [0.15, 0.2) is 0 Å². The first-order chi connectivity index (χ1) is 9.88. The number of nitrogens with zero attached hydrogens (tertiary/aromatic N) is 2. The Morgan fingerprint density at radius 2 is 2.00 bits per heavy atom. The molecule has 0 aliphatic carbocycles. The van der Waals surface area contributed by atoms with Crippen LogP contribution in [0.25, 0.3) is 10.9 Å². The van der Waals surface area contributed by atoms with Gasteiger partial charge in [-0.15, -0.1) is 0 Å². The number of para-hydroxylation sites is 1. The normalized spacial score (nSPS) is 11.5. The molecule has 1 aromatic heterocycles. The summed E-state index contributed by atoms with van der Waals surface area (Å²) in [7, 11) is -3.28. The van der Waals surface area contributed by atoms with Gasteiger partial charge in [-0.05, 0) is 6.07 Å². The van der Waals surface area contributed by atoms with Crippen LogP contribution in [0, 0.1) is 10.1 Å². The van der Waals surface area contributed by atoms with Crippen molar-refractivity contribution in [3.8, 4) is 0 Å². The van der Waals surface area contributed by atoms with Gasteiger partial charge in [-0.1, -0.05) is 18.2 Å². The summed E-state index contributed by atoms with van der Waals surface area (Å²) in [5, 5.41) is 14.6. The van der Waals surface area contributed by atoms with Crippen molar-refractivity contribution >= 4 is 32.3 Å². The lowest BCUT2D eigenvalue weighted by molar-refractivity contribution is -0.384. The second-order valence-electron chi connectivity index (χ2n) is 4.39. The van der Waals surface area contributed by atoms with Crippen LogP contribution in [0.3, 0.4) is 0 Å². The number of aromatic nitrogens is 1. The number of nitro groups is 1. The topological polar surface area (TPSA) is 114 Å². The summed E-state index contributed by atoms with van der Waals surface area (Å²) in [6, 6.07) is 7.02. The number of anilines is 1. The van der Waals surface area contributed by atoms with E-state index in [9.17, 15) is 18.5 Å². The molecule has 0 radical (unpaired) electrons. The molecule has 0 saturated carbocycles. The van der Waals surface area contributed by atoms with Gasteiger partial charge in [0.2, 0.25) is 10.0 Å². The molecule has 1 heterocycles. The standard InChI is InChI=1S/C12H14N4O4S/c1-21(19,20)15-7-6-13-12-9-4-2-3-5-10(9)14-8-11(12)16(17)18/h2-5,8,15H,6-7H2,1H3,(H,13,14). The van der Waals surface area contributed by atoms with Crippen molar-refractivity contribution in [1.29, 1.82) is 0 Å². The first-order valence-electron chi connectivity index (χ1n) is 6.09. The molecule has 112 valence electrons. The molecule has 8 nitrogen and oxygen atoms in total. The molecule has 0 unspecified atom stereocenters. The van der Waals surface area contributed by atoms with Gasteiger partial charge in [0.05, 0.1) is 16.7 Å². The van der Waals surface area contributed by atoms with Crippen molar-refractivity contribution in [3.63, 3.8) is 0 Å². The molecule has 9 heteroatoms. The fraction of sp³-hybridized carbons (Fsp3) is 0.250. The zero-order valence-electron chi connectivity index (χ0n) is 11.2. The van der Waals surface area contributed by atoms with Crippen LogP contribution >= 0.6 is 0 Å². The third-order valence-electron chi connectivity index (χ3n) is 2.74. The average molecular weight is 310 g/mol. The van der Waals surface area contributed by atoms with E-state index in [1.807, 2.05) is 0 Å². The van der Waals surface area contributed by atoms with Crippen molar-refractivity contribution in [1.82, 2.24) is 9.71 Å². The van der Waals surface area contributed by atoms with Crippen molar-refractivity contribution in [2.75, 3.05) is 24.7 Å². The predicted octanol–water partition coefficient (Wildman–Crippen LogP) is 1.10. The maximum atomic E-state index is 11.1. The van der Waals surface area contributed by atoms with Crippen LogP contribution < -0.4 is 10.0 Å². The number of hydrogen-bond acceptors (Lipinski definition) is 6. The van der Waals surface area contributed by atoms with E-state index in [1.54, 1.807) is 24.3 Å². The summed E-state index contributed by atoms with van der Waals surface area (Å²) < 4.78 is 24.3. The van der Waals surface area contributed by atoms with Crippen LogP contribution in [-0.2, 0) is 10.0 Å². The van der Waals surface area contributed by atoms with Crippen molar-refractivity contribution < 1.29 is 13.3 Å². The Hall–Kier alpha value is -2.26. The molecule has 2 N–H and O–H groups in total. The molecule has 2 rings (SSSR count). The highest BCUT2D eigenvalue weighted by atomic mass is 32.2. The lowest BCUT2D eigenvalue weighted by Crippen LogP contribution is -2.27. The van der Waals surface area contributed by atoms with E-state index in [-0.39, 0.29) is 18.8 Å². The minimum atomic E-state index is -3.28. The summed E-state index contributed by atoms with van der Waals surface area (Å²) >= 11 is 0. The number of sulfonamides is 1. The summed E-state index contributed by atoms with van der Waals surface area (Å²) in [5.74, 6) is 0. The SMILES string of the molecule is CS(=O)(=O)NCCNc1c([N+](=O)[O-])cnc2ccccc12. The largest absolute Gasteiger partial charge is 0.378 e. The van der Waals surface area contributed by atoms with E-state index < -0.39 is 14.9 Å². The Morgan fingerprint density at radius 3 is 2.67 bits per heavy atom. The molecule has 0 amide bonds. The summed E-state index contributed by atoms with van der Waals surface area (Å²) in [5.41, 5.74) is 0.815. The van der Waals surface area contributed by atoms with E-state index in [4.69, 9.17) is 0 Å². The second-order valence-corrected chi connectivity index (χ2v) is 6.22. The van der Waals surface area contributed by atoms with Crippen LogP contribution in [0.2, 0.25) is 0 Å². The summed E-state index contributed by atoms with van der Waals surface area (Å²) in [4.78, 5) is 14.6. The molecule has 0 fully saturated rings. The monoisotopic (exact) mass is 310 g/mol. The Balaban J connectivity index is 2.27. The Bertz CT molecular complexity index is 776. The highest BCUT2D eigenvalue weighted by molar-refractivity contribution is 7.88. The minimum Gasteiger partial charge on any atom is -0.378 e. The molecular formula is C12H14N4O4S. The Morgan fingerprint density at radius 1 is 1.29 bits per heavy atom. The quantitative estimate of drug-likeness (QED) is 0.469. The number of pyridine rings is 1. The summed E-state index contributed by atoms with van der Waals surface area (Å²) in [6.07, 6.45) is 2.24. The second kappa shape index (κ2) is 6.02. The van der Waals surface area contributed by atoms with Crippen LogP contribution in [0.4, 0.5) is 11.4 Å². The van der Waals surface area contributed by atoms with Crippen molar-refractivity contribution in [2.24, 2.45) is 0 Å². The van der Waals surface area contributed by atoms with E-state index >= 15 is 0 Å². The molecule has 0 aliphatic rings. The van der Waals surface area contributed by atoms with E-state index in [0.29, 0.717) is 16.6 Å². The van der Waals surface area contributed by atoms with Crippen molar-refractivity contribution in [3.05, 3.63) is 40.6 Å². The lowest BCUT2D eigenvalue weighted by Gasteiger charge is -2.10. The summed E-state index contributed by atoms with van der Waals surface area (Å²) in [6.45, 7) is 0.356. The highest BCUT2D eigenvalue weighted by Crippen LogP contribution is 2.30. The maximum Gasteiger partial charge on any atom is 0.311 e. The number of nitrogens with one attached hydrogen (secondary N) is 2. The van der Waals surface area contributed by atoms with Crippen LogP contribution in [-0.4, -0.2) is 37.7 Å². The smallest absolute Gasteiger partial charge is 0.311 e. The average Bonchev–Trinajstić information content (AvgIpc) is 2.42. The van der Waals surface area contributed by atoms with Gasteiger partial charge < -0.3 is 5.32 Å². The third kappa shape index (κ3) is 3.86. The third-order valence-corrected chi connectivity index (χ3v) is 3.47.